The van der Waals surface area contributed by atoms with Gasteiger partial charge in [-0.25, -0.2) is 4.39 Å². The Morgan fingerprint density at radius 3 is 2.62 bits per heavy atom. The van der Waals surface area contributed by atoms with Crippen LogP contribution in [0.4, 0.5) is 10.1 Å². The Labute approximate surface area is 161 Å². The monoisotopic (exact) mass is 480 g/mol. The molecule has 24 heavy (non-hydrogen) atoms. The van der Waals surface area contributed by atoms with Gasteiger partial charge in [-0.05, 0) is 37.1 Å². The Kier molecular flexibility index (Phi) is 4.50. The molecule has 0 radical (unpaired) electrons. The summed E-state index contributed by atoms with van der Waals surface area (Å²) in [6.07, 6.45) is 0.967. The third-order valence-corrected chi connectivity index (χ3v) is 7.67. The number of nitrogens with zero attached hydrogens (tertiary/aromatic N) is 2. The first kappa shape index (κ1) is 18.1. The minimum Gasteiger partial charge on any atom is -0.332 e. The van der Waals surface area contributed by atoms with Crippen molar-refractivity contribution < 1.29 is 14.0 Å². The molecule has 1 saturated carbocycles. The molecule has 1 heterocycles. The number of benzene rings is 1. The van der Waals surface area contributed by atoms with E-state index in [1.165, 1.54) is 11.0 Å². The fraction of sp³-hybridized carbons (Fsp3) is 0.500. The molecular weight excluding hydrogens is 466 g/mol. The Bertz CT molecular complexity index is 730. The van der Waals surface area contributed by atoms with E-state index >= 15 is 0 Å². The van der Waals surface area contributed by atoms with Gasteiger partial charge in [0.15, 0.2) is 4.87 Å². The van der Waals surface area contributed by atoms with Gasteiger partial charge in [-0.2, -0.15) is 0 Å². The normalized spacial score (nSPS) is 28.2. The van der Waals surface area contributed by atoms with Crippen molar-refractivity contribution in [1.82, 2.24) is 4.90 Å². The van der Waals surface area contributed by atoms with E-state index in [1.807, 2.05) is 0 Å². The molecule has 8 heteroatoms. The number of anilines is 1. The third-order valence-electron chi connectivity index (χ3n) is 4.68. The van der Waals surface area contributed by atoms with Gasteiger partial charge in [0.1, 0.15) is 15.1 Å². The van der Waals surface area contributed by atoms with Crippen LogP contribution in [0.2, 0.25) is 0 Å². The van der Waals surface area contributed by atoms with Gasteiger partial charge in [0, 0.05) is 25.7 Å². The van der Waals surface area contributed by atoms with Crippen LogP contribution in [0.25, 0.3) is 0 Å². The van der Waals surface area contributed by atoms with E-state index in [-0.39, 0.29) is 17.6 Å². The molecule has 2 amide bonds. The van der Waals surface area contributed by atoms with Crippen molar-refractivity contribution in [2.24, 2.45) is 0 Å². The maximum Gasteiger partial charge on any atom is 0.249 e. The largest absolute Gasteiger partial charge is 0.332 e. The fourth-order valence-electron chi connectivity index (χ4n) is 2.99. The second-order valence-corrected chi connectivity index (χ2v) is 10.7. The number of aryl methyl sites for hydroxylation is 1. The van der Waals surface area contributed by atoms with E-state index in [2.05, 4.69) is 31.9 Å². The zero-order valence-electron chi connectivity index (χ0n) is 13.2. The molecule has 2 aliphatic rings. The van der Waals surface area contributed by atoms with E-state index in [9.17, 15) is 14.0 Å². The highest BCUT2D eigenvalue weighted by Gasteiger charge is 2.70. The number of halogens is 4. The Hall–Kier alpha value is -0.660. The Balaban J connectivity index is 1.76. The summed E-state index contributed by atoms with van der Waals surface area (Å²) in [5.74, 6) is -0.765. The van der Waals surface area contributed by atoms with Gasteiger partial charge >= 0.3 is 0 Å². The van der Waals surface area contributed by atoms with E-state index in [0.29, 0.717) is 30.6 Å². The van der Waals surface area contributed by atoms with Gasteiger partial charge in [-0.1, -0.05) is 31.9 Å². The highest BCUT2D eigenvalue weighted by atomic mass is 79.9. The first-order valence-electron chi connectivity index (χ1n) is 7.50. The summed E-state index contributed by atoms with van der Waals surface area (Å²) >= 11 is 13.1. The van der Waals surface area contributed by atoms with Crippen LogP contribution in [0.5, 0.6) is 0 Å². The molecule has 1 saturated heterocycles. The Morgan fingerprint density at radius 2 is 2.08 bits per heavy atom. The summed E-state index contributed by atoms with van der Waals surface area (Å²) in [7, 11) is 1.60. The number of hydrogen-bond acceptors (Lipinski definition) is 2. The molecule has 0 aromatic heterocycles. The minimum absolute atomic E-state index is 0.174. The molecule has 1 aromatic rings. The van der Waals surface area contributed by atoms with Crippen molar-refractivity contribution in [3.05, 3.63) is 29.6 Å². The molecule has 1 aliphatic heterocycles. The van der Waals surface area contributed by atoms with E-state index in [1.54, 1.807) is 31.0 Å². The number of hydrogen-bond donors (Lipinski definition) is 0. The number of likely N-dealkylation sites (N-methyl/N-ethyl adjacent to an activating group) is 1. The quantitative estimate of drug-likeness (QED) is 0.619. The summed E-state index contributed by atoms with van der Waals surface area (Å²) in [4.78, 5) is 27.3. The second kappa shape index (κ2) is 5.95. The average Bonchev–Trinajstić information content (AvgIpc) is 2.85. The highest BCUT2D eigenvalue weighted by molar-refractivity contribution is 9.25. The number of rotatable bonds is 3. The van der Waals surface area contributed by atoms with Crippen LogP contribution >= 0.6 is 43.5 Å². The molecule has 130 valence electrons. The lowest BCUT2D eigenvalue weighted by Crippen LogP contribution is -2.47. The molecule has 0 N–H and O–H groups in total. The predicted octanol–water partition coefficient (Wildman–Crippen LogP) is 3.57. The lowest BCUT2D eigenvalue weighted by atomic mass is 10.2. The molecule has 2 unspecified atom stereocenters. The maximum atomic E-state index is 13.4. The van der Waals surface area contributed by atoms with Gasteiger partial charge in [-0.3, -0.25) is 9.59 Å². The molecule has 0 bridgehead atoms. The lowest BCUT2D eigenvalue weighted by Gasteiger charge is -2.26. The zero-order chi connectivity index (χ0) is 17.9. The van der Waals surface area contributed by atoms with E-state index in [0.717, 1.165) is 0 Å². The topological polar surface area (TPSA) is 40.6 Å². The maximum absolute atomic E-state index is 13.4. The van der Waals surface area contributed by atoms with Gasteiger partial charge in [0.05, 0.1) is 0 Å². The van der Waals surface area contributed by atoms with Gasteiger partial charge in [0.25, 0.3) is 0 Å². The van der Waals surface area contributed by atoms with Crippen LogP contribution in [-0.2, 0) is 9.59 Å². The molecule has 0 spiro atoms. The van der Waals surface area contributed by atoms with Gasteiger partial charge < -0.3 is 9.80 Å². The van der Waals surface area contributed by atoms with Crippen LogP contribution in [0, 0.1) is 12.7 Å². The highest BCUT2D eigenvalue weighted by Crippen LogP contribution is 2.64. The molecule has 1 aliphatic carbocycles. The smallest absolute Gasteiger partial charge is 0.249 e. The SMILES string of the molecule is Cc1cc(N2CCC(N(C)C(=O)C3(Cl)CC3(Br)Br)C2=O)ccc1F. The van der Waals surface area contributed by atoms with Crippen molar-refractivity contribution >= 4 is 61.0 Å². The standard InChI is InChI=1S/C16H16Br2ClFN2O2/c1-9-7-10(3-4-11(9)20)22-6-5-12(13(22)23)21(2)14(24)15(19)8-16(15,17)18/h3-4,7,12H,5-6,8H2,1-2H3. The molecule has 2 atom stereocenters. The fourth-order valence-corrected chi connectivity index (χ4v) is 4.83. The number of carbonyl (C=O) groups excluding carboxylic acids is 2. The van der Waals surface area contributed by atoms with Crippen molar-refractivity contribution in [3.63, 3.8) is 0 Å². The molecule has 4 nitrogen and oxygen atoms in total. The number of alkyl halides is 3. The second-order valence-electron chi connectivity index (χ2n) is 6.33. The van der Waals surface area contributed by atoms with Crippen LogP contribution in [0.3, 0.4) is 0 Å². The summed E-state index contributed by atoms with van der Waals surface area (Å²) in [5.41, 5.74) is 1.12. The summed E-state index contributed by atoms with van der Waals surface area (Å²) in [5, 5.41) is 0. The van der Waals surface area contributed by atoms with E-state index in [4.69, 9.17) is 11.6 Å². The van der Waals surface area contributed by atoms with E-state index < -0.39 is 14.1 Å². The van der Waals surface area contributed by atoms with Crippen LogP contribution in [0.1, 0.15) is 18.4 Å². The third kappa shape index (κ3) is 2.78. The molecular formula is C16H16Br2ClFN2O2. The molecule has 3 rings (SSSR count). The van der Waals surface area contributed by atoms with Crippen LogP contribution < -0.4 is 4.90 Å². The summed E-state index contributed by atoms with van der Waals surface area (Å²) in [6, 6.07) is 4.01. The molecule has 2 fully saturated rings. The summed E-state index contributed by atoms with van der Waals surface area (Å²) < 4.78 is 12.8. The van der Waals surface area contributed by atoms with Crippen molar-refractivity contribution in [3.8, 4) is 0 Å². The number of carbonyl (C=O) groups is 2. The van der Waals surface area contributed by atoms with Crippen molar-refractivity contribution in [2.75, 3.05) is 18.5 Å². The van der Waals surface area contributed by atoms with Gasteiger partial charge in [0.2, 0.25) is 11.8 Å². The zero-order valence-corrected chi connectivity index (χ0v) is 17.1. The minimum atomic E-state index is -1.07. The number of amides is 2. The first-order valence-corrected chi connectivity index (χ1v) is 9.46. The van der Waals surface area contributed by atoms with Crippen LogP contribution in [-0.4, -0.2) is 44.5 Å². The summed E-state index contributed by atoms with van der Waals surface area (Å²) in [6.45, 7) is 2.14. The van der Waals surface area contributed by atoms with Crippen molar-refractivity contribution in [2.45, 2.75) is 33.9 Å². The average molecular weight is 483 g/mol. The first-order chi connectivity index (χ1) is 11.1. The lowest BCUT2D eigenvalue weighted by molar-refractivity contribution is -0.137. The van der Waals surface area contributed by atoms with Crippen LogP contribution in [0.15, 0.2) is 18.2 Å². The Morgan fingerprint density at radius 1 is 1.46 bits per heavy atom. The van der Waals surface area contributed by atoms with Crippen molar-refractivity contribution in [1.29, 1.82) is 0 Å². The predicted molar refractivity (Wildman–Crippen MR) is 98.5 cm³/mol. The van der Waals surface area contributed by atoms with Gasteiger partial charge in [-0.15, -0.1) is 11.6 Å². The molecule has 1 aromatic carbocycles.